The van der Waals surface area contributed by atoms with E-state index in [1.54, 1.807) is 23.9 Å². The first kappa shape index (κ1) is 140. The molecule has 16 fully saturated rings. The van der Waals surface area contributed by atoms with Gasteiger partial charge in [-0.3, -0.25) is 4.90 Å². The molecule has 0 atom stereocenters. The van der Waals surface area contributed by atoms with Crippen LogP contribution in [-0.4, -0.2) is 437 Å². The third kappa shape index (κ3) is 71.3. The van der Waals surface area contributed by atoms with E-state index in [-0.39, 0.29) is 0 Å². The Morgan fingerprint density at radius 3 is 0.870 bits per heavy atom. The van der Waals surface area contributed by atoms with Crippen molar-refractivity contribution in [3.05, 3.63) is 66.4 Å². The van der Waals surface area contributed by atoms with E-state index in [4.69, 9.17) is 9.47 Å². The van der Waals surface area contributed by atoms with E-state index in [0.29, 0.717) is 0 Å². The lowest BCUT2D eigenvalue weighted by Gasteiger charge is -2.48. The minimum atomic E-state index is 0.924. The lowest BCUT2D eigenvalue weighted by Crippen LogP contribution is -2.57. The Bertz CT molecular complexity index is 2970. The fraction of sp³-hybridized carbons (Fsp3) is 0.911. The standard InChI is InChI=1S/C10H22N.C9H18N.C9H20N.C9H19N.C8H18N.C8H17N.C7H16NO.C7H16NS.C7H16N.2C7H15N.C7H10N.C6H13NO.C6H13NS.C6H13N.C5H8N2.C5H8NS/c1-3-11(2)9-7-5-4-6-8-10-11;1-2-10-6-3-9(4-7-10)5-8-10;1-3-10(2)8-6-4-5-7-9-10;1-2-10-8-6-4-3-5-7-9-10;1-3-9(2)7-5-4-6-8-9;1-2-9-7-5-3-4-6-8-9;2*1-3-8(2)4-6-9-7-5-8;1-3-8(2)6-4-5-7-8;1-2-7-3-5-8-6-4-7;2*1-2-8-6-4-3-5-7-8;2*1-2-7-3-5-8-6-4-7;1-2-7-5-3-4-6-7;1-2-7-4-3-6-5-7;1-2-6-3-4-7-5-6/h3-10H2,1-2H3;9H,2-8H2,1H3;3-9H2,1-2H3;2-9H2,1H3;3-8H2,1-2H3;2-8H2,1H3;2*3-7H2,1-2H3;3-7H2,1-2H3;7-8H,2-6H2,1H3;2-7H2,1H3;3-7H,2H2,1H3;2*2-6H2,1H3;2-6H2,1H3;2*3-5H,2H2,1H3/q3*+1;;+1;;3*+1;;;+1;;;;;+1. The summed E-state index contributed by atoms with van der Waals surface area (Å²) in [5, 5.41) is 5.42. The number of imidazole rings is 1. The topological polar surface area (TPSA) is 75.5 Å². The summed E-state index contributed by atoms with van der Waals surface area (Å²) >= 11 is 5.90. The van der Waals surface area contributed by atoms with Crippen molar-refractivity contribution in [2.75, 3.05) is 367 Å². The Balaban J connectivity index is 0.000000525. The molecule has 0 aliphatic carbocycles. The third-order valence-corrected chi connectivity index (χ3v) is 38.2. The number of quaternary nitrogens is 7. The molecule has 2 bridgehead atoms. The second-order valence-corrected chi connectivity index (χ2v) is 49.6. The molecule has 0 saturated carbocycles. The smallest absolute Gasteiger partial charge is 0.224 e. The van der Waals surface area contributed by atoms with Crippen molar-refractivity contribution >= 4 is 34.9 Å². The highest BCUT2D eigenvalue weighted by Gasteiger charge is 2.38. The van der Waals surface area contributed by atoms with Crippen LogP contribution < -0.4 is 14.5 Å². The molecule has 19 heterocycles. The minimum absolute atomic E-state index is 0.924. The number of thioether (sulfide) groups is 2. The lowest BCUT2D eigenvalue weighted by molar-refractivity contribution is -0.941. The van der Waals surface area contributed by atoms with Gasteiger partial charge in [0.15, 0.2) is 18.6 Å². The molecule has 1 N–H and O–H groups in total. The molecule has 16 aliphatic rings. The molecular weight excluding hydrogens is 1860 g/mol. The highest BCUT2D eigenvalue weighted by Crippen LogP contribution is 2.33. The molecule has 0 aromatic carbocycles. The van der Waals surface area contributed by atoms with E-state index in [2.05, 4.69) is 262 Å². The maximum Gasteiger partial charge on any atom is 0.224 e. The Morgan fingerprint density at radius 2 is 0.610 bits per heavy atom. The van der Waals surface area contributed by atoms with Gasteiger partial charge in [0.1, 0.15) is 26.2 Å². The monoisotopic (exact) mass is 2110 g/mol. The Morgan fingerprint density at radius 1 is 0.301 bits per heavy atom. The number of aryl methyl sites for hydroxylation is 3. The lowest BCUT2D eigenvalue weighted by atomic mass is 9.86. The van der Waals surface area contributed by atoms with Crippen LogP contribution in [0.3, 0.4) is 0 Å². The van der Waals surface area contributed by atoms with E-state index in [1.807, 2.05) is 29.0 Å². The number of hydrogen-bond donors (Lipinski definition) is 1. The SMILES string of the molecule is CCC1CCNCC1.CCN1CCCC1.CCN1CCCCC1.CCN1CCCCCC1.CCN1CCCCCCC1.CCN1CCOCC1.CCN1CCSCC1.CC[N+]1(C)CCCC1.CC[N+]1(C)CCCCC1.CC[N+]1(C)CCCCCC1.CC[N+]1(C)CCCCCCC1.CC[N+]1(C)CCOCC1.CC[N+]1(C)CCSCC1.CC[N+]12CCC(CC1)CC2.CC[n+]1ccccc1.CC[n+]1ccsc1.CCn1ccnc1. The van der Waals surface area contributed by atoms with Crippen molar-refractivity contribution in [3.8, 4) is 0 Å². The summed E-state index contributed by atoms with van der Waals surface area (Å²) in [6, 6.07) is 6.08. The first-order chi connectivity index (χ1) is 70.8. The molecule has 16 aliphatic heterocycles. The van der Waals surface area contributed by atoms with E-state index < -0.39 is 0 Å². The summed E-state index contributed by atoms with van der Waals surface area (Å²) in [7, 11) is 14.2. The fourth-order valence-corrected chi connectivity index (χ4v) is 24.7. The van der Waals surface area contributed by atoms with Crippen molar-refractivity contribution in [2.24, 2.45) is 11.8 Å². The number of likely N-dealkylation sites (tertiary alicyclic amines) is 8. The van der Waals surface area contributed by atoms with Crippen LogP contribution in [0.2, 0.25) is 0 Å². The summed E-state index contributed by atoms with van der Waals surface area (Å²) in [5.74, 6) is 7.55. The number of piperidine rings is 6. The van der Waals surface area contributed by atoms with Gasteiger partial charge >= 0.3 is 0 Å². The van der Waals surface area contributed by atoms with Gasteiger partial charge in [0.05, 0.1) is 211 Å². The second kappa shape index (κ2) is 91.1. The average molecular weight is 2120 g/mol. The van der Waals surface area contributed by atoms with Gasteiger partial charge < -0.3 is 75.2 Å². The molecule has 0 radical (unpaired) electrons. The highest BCUT2D eigenvalue weighted by atomic mass is 32.2. The van der Waals surface area contributed by atoms with E-state index >= 15 is 0 Å². The molecule has 3 aromatic heterocycles. The molecular formula is C123H257N18O2S3+9. The first-order valence-corrected chi connectivity index (χ1v) is 66.1. The van der Waals surface area contributed by atoms with Crippen molar-refractivity contribution in [1.29, 1.82) is 0 Å². The van der Waals surface area contributed by atoms with E-state index in [9.17, 15) is 0 Å². The Kier molecular flexibility index (Phi) is 87.4. The summed E-state index contributed by atoms with van der Waals surface area (Å²) in [6.07, 6.45) is 61.0. The largest absolute Gasteiger partial charge is 0.379 e. The van der Waals surface area contributed by atoms with Gasteiger partial charge in [-0.15, -0.1) is 0 Å². The molecule has 3 aromatic rings. The molecule has 0 amide bonds. The fourth-order valence-electron chi connectivity index (χ4n) is 21.7. The zero-order valence-electron chi connectivity index (χ0n) is 102. The summed E-state index contributed by atoms with van der Waals surface area (Å²) in [4.78, 5) is 18.9. The molecule has 0 spiro atoms. The minimum Gasteiger partial charge on any atom is -0.379 e. The van der Waals surface area contributed by atoms with Crippen LogP contribution in [0, 0.1) is 11.8 Å². The van der Waals surface area contributed by atoms with Gasteiger partial charge in [0, 0.05) is 93.1 Å². The quantitative estimate of drug-likeness (QED) is 0.103. The molecule has 860 valence electrons. The van der Waals surface area contributed by atoms with E-state index in [1.165, 1.54) is 534 Å². The summed E-state index contributed by atoms with van der Waals surface area (Å²) in [6.45, 7) is 101. The van der Waals surface area contributed by atoms with Gasteiger partial charge in [0.2, 0.25) is 5.51 Å². The van der Waals surface area contributed by atoms with Gasteiger partial charge in [-0.25, -0.2) is 9.55 Å². The summed E-state index contributed by atoms with van der Waals surface area (Å²) in [5.41, 5.74) is 2.10. The Labute approximate surface area is 923 Å². The predicted molar refractivity (Wildman–Crippen MR) is 646 cm³/mol. The number of morpholine rings is 2. The zero-order valence-corrected chi connectivity index (χ0v) is 105. The van der Waals surface area contributed by atoms with E-state index in [0.717, 1.165) is 71.0 Å². The van der Waals surface area contributed by atoms with Crippen LogP contribution in [0.5, 0.6) is 0 Å². The predicted octanol–water partition coefficient (Wildman–Crippen LogP) is 23.1. The average Bonchev–Trinajstić information content (AvgIpc) is 1.35. The molecule has 146 heavy (non-hydrogen) atoms. The number of likely N-dealkylation sites (N-methyl/N-ethyl adjacent to an activating group) is 2. The van der Waals surface area contributed by atoms with Crippen molar-refractivity contribution in [2.45, 2.75) is 356 Å². The molecule has 20 nitrogen and oxygen atoms in total. The van der Waals surface area contributed by atoms with Crippen molar-refractivity contribution in [3.63, 3.8) is 0 Å². The van der Waals surface area contributed by atoms with Crippen LogP contribution in [0.15, 0.2) is 66.4 Å². The molecule has 23 heteroatoms. The number of rotatable bonds is 17. The van der Waals surface area contributed by atoms with Gasteiger partial charge in [-0.05, 0) is 340 Å². The number of ether oxygens (including phenoxy) is 2. The van der Waals surface area contributed by atoms with Crippen molar-refractivity contribution in [1.82, 2.24) is 44.3 Å². The number of thiazole rings is 1. The second-order valence-electron chi connectivity index (χ2n) is 46.4. The number of aromatic nitrogens is 4. The number of nitrogens with zero attached hydrogens (tertiary/aromatic N) is 17. The molecule has 16 saturated heterocycles. The van der Waals surface area contributed by atoms with Crippen LogP contribution in [0.1, 0.15) is 336 Å². The summed E-state index contributed by atoms with van der Waals surface area (Å²) < 4.78 is 25.9. The molecule has 0 unspecified atom stereocenters. The highest BCUT2D eigenvalue weighted by molar-refractivity contribution is 7.99. The number of fused-ring (bicyclic) bond motifs is 3. The third-order valence-electron chi connectivity index (χ3n) is 35.7. The number of pyridine rings is 1. The Hall–Kier alpha value is -1.95. The number of nitrogens with one attached hydrogen (secondary N) is 1. The normalized spacial score (nSPS) is 23.9. The first-order valence-electron chi connectivity index (χ1n) is 62.8. The van der Waals surface area contributed by atoms with Gasteiger partial charge in [0.25, 0.3) is 0 Å². The zero-order chi connectivity index (χ0) is 107. The van der Waals surface area contributed by atoms with Gasteiger partial charge in [-0.2, -0.15) is 28.1 Å². The van der Waals surface area contributed by atoms with Crippen LogP contribution in [0.25, 0.3) is 0 Å². The van der Waals surface area contributed by atoms with Gasteiger partial charge in [-0.1, -0.05) is 117 Å². The number of hydrogen-bond acceptors (Lipinski definition) is 13. The van der Waals surface area contributed by atoms with Crippen LogP contribution >= 0.6 is 34.9 Å². The van der Waals surface area contributed by atoms with Crippen LogP contribution in [-0.2, 0) is 29.1 Å². The van der Waals surface area contributed by atoms with Crippen molar-refractivity contribution < 1.29 is 50.0 Å². The maximum atomic E-state index is 5.25. The van der Waals surface area contributed by atoms with Crippen LogP contribution in [0.4, 0.5) is 0 Å². The molecule has 19 rings (SSSR count). The maximum absolute atomic E-state index is 5.25.